The molecule has 2 amide bonds. The Kier molecular flexibility index (Phi) is 8.87. The van der Waals surface area contributed by atoms with Gasteiger partial charge >= 0.3 is 12.3 Å². The van der Waals surface area contributed by atoms with Crippen LogP contribution in [0, 0.1) is 6.92 Å². The topological polar surface area (TPSA) is 61.9 Å². The number of alkyl halides is 3. The Morgan fingerprint density at radius 1 is 0.881 bits per heavy atom. The van der Waals surface area contributed by atoms with Crippen molar-refractivity contribution < 1.29 is 27.5 Å². The van der Waals surface area contributed by atoms with E-state index in [9.17, 15) is 22.8 Å². The number of nitrogens with zero attached hydrogens (tertiary/aromatic N) is 2. The van der Waals surface area contributed by atoms with Crippen LogP contribution in [0.5, 0.6) is 0 Å². The number of carbonyl (C=O) groups excluding carboxylic acids is 2. The molecule has 0 spiro atoms. The molecule has 1 aliphatic carbocycles. The number of halogens is 3. The number of piperazine rings is 1. The zero-order chi connectivity index (χ0) is 29.7. The molecular formula is C33H36F3N3O3. The highest BCUT2D eigenvalue weighted by Gasteiger charge is 2.46. The summed E-state index contributed by atoms with van der Waals surface area (Å²) in [4.78, 5) is 29.8. The van der Waals surface area contributed by atoms with Crippen molar-refractivity contribution >= 4 is 12.0 Å². The van der Waals surface area contributed by atoms with Gasteiger partial charge in [0.1, 0.15) is 6.54 Å². The molecule has 9 heteroatoms. The van der Waals surface area contributed by atoms with Gasteiger partial charge in [0.05, 0.1) is 6.42 Å². The van der Waals surface area contributed by atoms with Crippen LogP contribution in [0.1, 0.15) is 41.5 Å². The molecule has 2 aliphatic rings. The number of carbonyl (C=O) groups is 2. The Morgan fingerprint density at radius 2 is 1.52 bits per heavy atom. The summed E-state index contributed by atoms with van der Waals surface area (Å²) in [6.45, 7) is 4.31. The Labute approximate surface area is 244 Å². The minimum absolute atomic E-state index is 0.140. The van der Waals surface area contributed by atoms with Crippen molar-refractivity contribution in [3.63, 3.8) is 0 Å². The summed E-state index contributed by atoms with van der Waals surface area (Å²) in [6, 6.07) is 23.2. The largest absolute Gasteiger partial charge is 0.433 e. The molecule has 5 rings (SSSR count). The number of benzene rings is 3. The summed E-state index contributed by atoms with van der Waals surface area (Å²) in [5, 5.41) is 1.88. The van der Waals surface area contributed by atoms with E-state index in [0.717, 1.165) is 59.4 Å². The van der Waals surface area contributed by atoms with Gasteiger partial charge in [-0.1, -0.05) is 78.4 Å². The first-order valence-electron chi connectivity index (χ1n) is 14.4. The maximum Gasteiger partial charge on any atom is 0.408 e. The molecule has 222 valence electrons. The summed E-state index contributed by atoms with van der Waals surface area (Å²) in [5.41, 5.74) is 4.41. The van der Waals surface area contributed by atoms with E-state index >= 15 is 0 Å². The van der Waals surface area contributed by atoms with Crippen molar-refractivity contribution in [2.75, 3.05) is 39.3 Å². The number of nitrogens with one attached hydrogen (secondary N) is 1. The second kappa shape index (κ2) is 12.6. The molecule has 3 aromatic rings. The zero-order valence-corrected chi connectivity index (χ0v) is 23.8. The first kappa shape index (κ1) is 29.6. The molecule has 1 N–H and O–H groups in total. The fourth-order valence-corrected chi connectivity index (χ4v) is 6.12. The van der Waals surface area contributed by atoms with Crippen LogP contribution in [0.15, 0.2) is 72.8 Å². The van der Waals surface area contributed by atoms with Crippen LogP contribution in [-0.4, -0.2) is 67.2 Å². The van der Waals surface area contributed by atoms with E-state index in [1.165, 1.54) is 0 Å². The molecular weight excluding hydrogens is 543 g/mol. The molecule has 0 bridgehead atoms. The quantitative estimate of drug-likeness (QED) is 0.313. The van der Waals surface area contributed by atoms with Crippen LogP contribution in [0.3, 0.4) is 0 Å². The third-order valence-electron chi connectivity index (χ3n) is 8.13. The van der Waals surface area contributed by atoms with E-state index < -0.39 is 24.4 Å². The fraction of sp³-hybridized carbons (Fsp3) is 0.394. The van der Waals surface area contributed by atoms with Gasteiger partial charge in [-0.3, -0.25) is 9.69 Å². The summed E-state index contributed by atoms with van der Waals surface area (Å²) in [5.74, 6) is 0.140. The van der Waals surface area contributed by atoms with Gasteiger partial charge in [-0.25, -0.2) is 4.79 Å². The fourth-order valence-electron chi connectivity index (χ4n) is 6.12. The van der Waals surface area contributed by atoms with Crippen molar-refractivity contribution in [3.05, 3.63) is 95.1 Å². The molecule has 0 aromatic heterocycles. The molecule has 0 atom stereocenters. The lowest BCUT2D eigenvalue weighted by molar-refractivity contribution is -0.132. The number of hydrogen-bond donors (Lipinski definition) is 1. The standard InChI is InChI=1S/C33H36F3N3O3/c1-24-9-8-10-25(21-24)22-30(40)39-19-17-38(18-20-39)16-7-6-15-32(42-31(41)37-23-33(34,35)36)28-13-4-2-11-26(28)27-12-3-5-14-29(27)32/h2-5,8-14,21H,6-7,15-20,22-23H2,1H3,(H,37,41). The van der Waals surface area contributed by atoms with Gasteiger partial charge in [0.25, 0.3) is 0 Å². The second-order valence-electron chi connectivity index (χ2n) is 11.1. The molecule has 0 radical (unpaired) electrons. The van der Waals surface area contributed by atoms with Crippen molar-refractivity contribution in [1.29, 1.82) is 0 Å². The molecule has 3 aromatic carbocycles. The molecule has 1 fully saturated rings. The van der Waals surface area contributed by atoms with Crippen LogP contribution in [0.2, 0.25) is 0 Å². The number of ether oxygens (including phenoxy) is 1. The van der Waals surface area contributed by atoms with Gasteiger partial charge in [0.2, 0.25) is 5.91 Å². The van der Waals surface area contributed by atoms with Gasteiger partial charge in [-0.05, 0) is 49.4 Å². The third kappa shape index (κ3) is 6.78. The smallest absolute Gasteiger partial charge is 0.408 e. The van der Waals surface area contributed by atoms with Crippen molar-refractivity contribution in [2.45, 2.75) is 44.4 Å². The first-order valence-corrected chi connectivity index (χ1v) is 14.4. The number of aryl methyl sites for hydroxylation is 1. The maximum absolute atomic E-state index is 12.8. The Bertz CT molecular complexity index is 1370. The van der Waals surface area contributed by atoms with Crippen molar-refractivity contribution in [1.82, 2.24) is 15.1 Å². The lowest BCUT2D eigenvalue weighted by Gasteiger charge is -2.35. The molecule has 0 saturated carbocycles. The predicted molar refractivity (Wildman–Crippen MR) is 155 cm³/mol. The normalized spacial score (nSPS) is 16.0. The molecule has 1 heterocycles. The maximum atomic E-state index is 12.8. The van der Waals surface area contributed by atoms with Gasteiger partial charge in [0, 0.05) is 37.3 Å². The zero-order valence-electron chi connectivity index (χ0n) is 23.8. The molecule has 42 heavy (non-hydrogen) atoms. The highest BCUT2D eigenvalue weighted by Crippen LogP contribution is 2.52. The Balaban J connectivity index is 1.20. The van der Waals surface area contributed by atoms with E-state index in [-0.39, 0.29) is 5.91 Å². The van der Waals surface area contributed by atoms with Crippen LogP contribution >= 0.6 is 0 Å². The number of unbranched alkanes of at least 4 members (excludes halogenated alkanes) is 1. The lowest BCUT2D eigenvalue weighted by atomic mass is 9.86. The number of rotatable bonds is 9. The first-order chi connectivity index (χ1) is 20.1. The highest BCUT2D eigenvalue weighted by molar-refractivity contribution is 5.82. The van der Waals surface area contributed by atoms with E-state index in [0.29, 0.717) is 32.4 Å². The third-order valence-corrected chi connectivity index (χ3v) is 8.13. The predicted octanol–water partition coefficient (Wildman–Crippen LogP) is 6.06. The lowest BCUT2D eigenvalue weighted by Crippen LogP contribution is -2.49. The van der Waals surface area contributed by atoms with Crippen LogP contribution < -0.4 is 5.32 Å². The van der Waals surface area contributed by atoms with Crippen LogP contribution in [-0.2, 0) is 21.6 Å². The summed E-state index contributed by atoms with van der Waals surface area (Å²) >= 11 is 0. The average Bonchev–Trinajstić information content (AvgIpc) is 3.24. The molecule has 1 saturated heterocycles. The SMILES string of the molecule is Cc1cccc(CC(=O)N2CCN(CCCCC3(OC(=O)NCC(F)(F)F)c4ccccc4-c4ccccc43)CC2)c1. The molecule has 6 nitrogen and oxygen atoms in total. The summed E-state index contributed by atoms with van der Waals surface area (Å²) in [7, 11) is 0. The number of fused-ring (bicyclic) bond motifs is 3. The van der Waals surface area contributed by atoms with Crippen molar-refractivity contribution in [3.8, 4) is 11.1 Å². The van der Waals surface area contributed by atoms with Crippen LogP contribution in [0.4, 0.5) is 18.0 Å². The van der Waals surface area contributed by atoms with E-state index in [2.05, 4.69) is 4.90 Å². The summed E-state index contributed by atoms with van der Waals surface area (Å²) in [6.07, 6.45) is -3.27. The van der Waals surface area contributed by atoms with Gasteiger partial charge < -0.3 is 15.0 Å². The Morgan fingerprint density at radius 3 is 2.14 bits per heavy atom. The average molecular weight is 580 g/mol. The highest BCUT2D eigenvalue weighted by atomic mass is 19.4. The van der Waals surface area contributed by atoms with E-state index in [1.54, 1.807) is 0 Å². The number of hydrogen-bond acceptors (Lipinski definition) is 4. The Hall–Kier alpha value is -3.85. The van der Waals surface area contributed by atoms with Crippen LogP contribution in [0.25, 0.3) is 11.1 Å². The monoisotopic (exact) mass is 579 g/mol. The van der Waals surface area contributed by atoms with E-state index in [4.69, 9.17) is 4.74 Å². The number of amides is 2. The van der Waals surface area contributed by atoms with Crippen molar-refractivity contribution in [2.24, 2.45) is 0 Å². The molecule has 1 aliphatic heterocycles. The van der Waals surface area contributed by atoms with Gasteiger partial charge in [0.15, 0.2) is 5.60 Å². The van der Waals surface area contributed by atoms with E-state index in [1.807, 2.05) is 89.9 Å². The minimum atomic E-state index is -4.53. The second-order valence-corrected chi connectivity index (χ2v) is 11.1. The summed E-state index contributed by atoms with van der Waals surface area (Å²) < 4.78 is 44.4. The minimum Gasteiger partial charge on any atom is -0.433 e. The van der Waals surface area contributed by atoms with Gasteiger partial charge in [-0.2, -0.15) is 13.2 Å². The number of alkyl carbamates (subject to hydrolysis) is 1. The molecule has 0 unspecified atom stereocenters. The van der Waals surface area contributed by atoms with Gasteiger partial charge in [-0.15, -0.1) is 0 Å².